The van der Waals surface area contributed by atoms with Gasteiger partial charge in [0, 0.05) is 6.61 Å². The van der Waals surface area contributed by atoms with Gasteiger partial charge in [-0.2, -0.15) is 0 Å². The lowest BCUT2D eigenvalue weighted by molar-refractivity contribution is -0.167. The topological polar surface area (TPSA) is 27.7 Å². The van der Waals surface area contributed by atoms with E-state index >= 15 is 0 Å². The van der Waals surface area contributed by atoms with Gasteiger partial charge in [0.15, 0.2) is 0 Å². The van der Waals surface area contributed by atoms with Crippen LogP contribution >= 0.6 is 0 Å². The van der Waals surface area contributed by atoms with E-state index in [9.17, 15) is 0 Å². The molecule has 0 atom stereocenters. The molecule has 0 N–H and O–H groups in total. The Labute approximate surface area is 167 Å². The molecule has 3 nitrogen and oxygen atoms in total. The Balaban J connectivity index is 1.84. The first-order chi connectivity index (χ1) is 13.4. The van der Waals surface area contributed by atoms with Gasteiger partial charge in [-0.25, -0.2) is 0 Å². The predicted octanol–water partition coefficient (Wildman–Crippen LogP) is 6.52. The fraction of sp³-hybridized carbons (Fsp3) is 0.667. The highest BCUT2D eigenvalue weighted by molar-refractivity contribution is 4.99. The van der Waals surface area contributed by atoms with Crippen molar-refractivity contribution in [2.75, 3.05) is 26.6 Å². The molecule has 0 saturated carbocycles. The van der Waals surface area contributed by atoms with Crippen LogP contribution in [-0.2, 0) is 14.2 Å². The van der Waals surface area contributed by atoms with E-state index in [-0.39, 0.29) is 6.10 Å². The van der Waals surface area contributed by atoms with Crippen LogP contribution < -0.4 is 0 Å². The zero-order valence-electron chi connectivity index (χ0n) is 17.3. The Morgan fingerprint density at radius 3 is 1.78 bits per heavy atom. The average molecular weight is 377 g/mol. The van der Waals surface area contributed by atoms with Crippen molar-refractivity contribution in [3.63, 3.8) is 0 Å². The van der Waals surface area contributed by atoms with Crippen LogP contribution in [-0.4, -0.2) is 32.7 Å². The molecule has 1 fully saturated rings. The van der Waals surface area contributed by atoms with Gasteiger partial charge < -0.3 is 14.2 Å². The maximum Gasteiger partial charge on any atom is 0.146 e. The van der Waals surface area contributed by atoms with Gasteiger partial charge in [0.2, 0.25) is 0 Å². The van der Waals surface area contributed by atoms with E-state index in [1.54, 1.807) is 0 Å². The van der Waals surface area contributed by atoms with E-state index in [1.807, 2.05) is 0 Å². The van der Waals surface area contributed by atoms with Crippen molar-refractivity contribution >= 4 is 0 Å². The van der Waals surface area contributed by atoms with Crippen LogP contribution in [0.4, 0.5) is 0 Å². The second-order valence-electron chi connectivity index (χ2n) is 6.94. The summed E-state index contributed by atoms with van der Waals surface area (Å²) in [7, 11) is 0. The Morgan fingerprint density at radius 1 is 0.704 bits per heavy atom. The number of allylic oxidation sites excluding steroid dienone is 8. The number of hydrogen-bond acceptors (Lipinski definition) is 3. The van der Waals surface area contributed by atoms with E-state index in [0.717, 1.165) is 38.7 Å². The van der Waals surface area contributed by atoms with Gasteiger partial charge in [0.05, 0.1) is 13.2 Å². The summed E-state index contributed by atoms with van der Waals surface area (Å²) in [6.07, 6.45) is 29.9. The van der Waals surface area contributed by atoms with Crippen LogP contribution in [0.5, 0.6) is 0 Å². The third-order valence-electron chi connectivity index (χ3n) is 4.35. The average Bonchev–Trinajstić information content (AvgIpc) is 2.70. The molecular formula is C24H40O3. The molecule has 0 unspecified atom stereocenters. The summed E-state index contributed by atoms with van der Waals surface area (Å²) in [5.41, 5.74) is 0. The summed E-state index contributed by atoms with van der Waals surface area (Å²) >= 11 is 0. The first-order valence-corrected chi connectivity index (χ1v) is 10.8. The normalized spacial score (nSPS) is 16.6. The predicted molar refractivity (Wildman–Crippen MR) is 115 cm³/mol. The molecule has 1 aliphatic rings. The quantitative estimate of drug-likeness (QED) is 0.227. The molecular weight excluding hydrogens is 336 g/mol. The van der Waals surface area contributed by atoms with Gasteiger partial charge in [-0.3, -0.25) is 0 Å². The minimum absolute atomic E-state index is 0.121. The molecule has 0 radical (unpaired) electrons. The smallest absolute Gasteiger partial charge is 0.146 e. The lowest BCUT2D eigenvalue weighted by Gasteiger charge is -2.22. The molecule has 1 heterocycles. The minimum atomic E-state index is 0.121. The van der Waals surface area contributed by atoms with Crippen molar-refractivity contribution in [3.8, 4) is 0 Å². The second kappa shape index (κ2) is 19.6. The Bertz CT molecular complexity index is 417. The summed E-state index contributed by atoms with van der Waals surface area (Å²) in [5, 5.41) is 0. The molecule has 3 heteroatoms. The van der Waals surface area contributed by atoms with E-state index in [0.29, 0.717) is 20.0 Å². The van der Waals surface area contributed by atoms with E-state index < -0.39 is 0 Å². The molecule has 0 bridgehead atoms. The van der Waals surface area contributed by atoms with Gasteiger partial charge >= 0.3 is 0 Å². The van der Waals surface area contributed by atoms with Gasteiger partial charge in [-0.05, 0) is 51.4 Å². The van der Waals surface area contributed by atoms with Crippen LogP contribution in [0.1, 0.15) is 71.1 Å². The molecule has 154 valence electrons. The number of unbranched alkanes of at least 4 members (excludes halogenated alkanes) is 5. The van der Waals surface area contributed by atoms with Crippen molar-refractivity contribution in [1.29, 1.82) is 0 Å². The SMILES string of the molecule is CCCCCC=CCC=CCC=CCC=CCCCCOC1COCOC1. The first kappa shape index (κ1) is 23.9. The molecule has 0 aliphatic carbocycles. The van der Waals surface area contributed by atoms with Gasteiger partial charge in [-0.1, -0.05) is 68.4 Å². The zero-order valence-corrected chi connectivity index (χ0v) is 17.3. The second-order valence-corrected chi connectivity index (χ2v) is 6.94. The molecule has 0 aromatic heterocycles. The Hall–Kier alpha value is -1.16. The Morgan fingerprint density at radius 2 is 1.22 bits per heavy atom. The molecule has 0 aromatic rings. The maximum absolute atomic E-state index is 5.72. The molecule has 1 aliphatic heterocycles. The summed E-state index contributed by atoms with van der Waals surface area (Å²) in [6, 6.07) is 0. The summed E-state index contributed by atoms with van der Waals surface area (Å²) < 4.78 is 16.1. The zero-order chi connectivity index (χ0) is 19.3. The summed E-state index contributed by atoms with van der Waals surface area (Å²) in [5.74, 6) is 0. The van der Waals surface area contributed by atoms with Gasteiger partial charge in [0.1, 0.15) is 12.9 Å². The number of hydrogen-bond donors (Lipinski definition) is 0. The van der Waals surface area contributed by atoms with Crippen molar-refractivity contribution in [3.05, 3.63) is 48.6 Å². The van der Waals surface area contributed by atoms with Crippen LogP contribution in [0.25, 0.3) is 0 Å². The fourth-order valence-electron chi connectivity index (χ4n) is 2.74. The van der Waals surface area contributed by atoms with E-state index in [2.05, 4.69) is 55.5 Å². The Kier molecular flexibility index (Phi) is 17.3. The van der Waals surface area contributed by atoms with Crippen LogP contribution in [0.2, 0.25) is 0 Å². The largest absolute Gasteiger partial charge is 0.373 e. The summed E-state index contributed by atoms with van der Waals surface area (Å²) in [4.78, 5) is 0. The lowest BCUT2D eigenvalue weighted by Crippen LogP contribution is -2.31. The molecule has 1 rings (SSSR count). The minimum Gasteiger partial charge on any atom is -0.373 e. The first-order valence-electron chi connectivity index (χ1n) is 10.8. The summed E-state index contributed by atoms with van der Waals surface area (Å²) in [6.45, 7) is 4.78. The standard InChI is InChI=1S/C24H40O3/c1-2-3-4-5-6-7-8-9-10-11-12-13-14-15-16-17-18-19-20-27-24-21-25-23-26-22-24/h6-7,9-10,12-13,15-16,24H,2-5,8,11,14,17-23H2,1H3. The maximum atomic E-state index is 5.72. The highest BCUT2D eigenvalue weighted by atomic mass is 16.7. The highest BCUT2D eigenvalue weighted by Gasteiger charge is 2.13. The third kappa shape index (κ3) is 16.7. The van der Waals surface area contributed by atoms with Crippen LogP contribution in [0, 0.1) is 0 Å². The lowest BCUT2D eigenvalue weighted by atomic mass is 10.2. The van der Waals surface area contributed by atoms with Crippen LogP contribution in [0.3, 0.4) is 0 Å². The van der Waals surface area contributed by atoms with Crippen molar-refractivity contribution < 1.29 is 14.2 Å². The molecule has 0 aromatic carbocycles. The van der Waals surface area contributed by atoms with Crippen molar-refractivity contribution in [1.82, 2.24) is 0 Å². The highest BCUT2D eigenvalue weighted by Crippen LogP contribution is 2.05. The fourth-order valence-corrected chi connectivity index (χ4v) is 2.74. The molecule has 0 spiro atoms. The third-order valence-corrected chi connectivity index (χ3v) is 4.35. The van der Waals surface area contributed by atoms with Crippen molar-refractivity contribution in [2.24, 2.45) is 0 Å². The number of ether oxygens (including phenoxy) is 3. The molecule has 1 saturated heterocycles. The number of rotatable bonds is 16. The monoisotopic (exact) mass is 376 g/mol. The van der Waals surface area contributed by atoms with Crippen molar-refractivity contribution in [2.45, 2.75) is 77.2 Å². The van der Waals surface area contributed by atoms with E-state index in [1.165, 1.54) is 32.1 Å². The molecule has 0 amide bonds. The van der Waals surface area contributed by atoms with Gasteiger partial charge in [-0.15, -0.1) is 0 Å². The van der Waals surface area contributed by atoms with Crippen LogP contribution in [0.15, 0.2) is 48.6 Å². The van der Waals surface area contributed by atoms with Gasteiger partial charge in [0.25, 0.3) is 0 Å². The molecule has 27 heavy (non-hydrogen) atoms. The van der Waals surface area contributed by atoms with E-state index in [4.69, 9.17) is 14.2 Å².